The number of benzene rings is 3. The van der Waals surface area contributed by atoms with Crippen molar-refractivity contribution in [3.63, 3.8) is 0 Å². The predicted octanol–water partition coefficient (Wildman–Crippen LogP) is 3.10. The van der Waals surface area contributed by atoms with E-state index in [-0.39, 0.29) is 30.2 Å². The second kappa shape index (κ2) is 11.4. The highest BCUT2D eigenvalue weighted by molar-refractivity contribution is 7.89. The topological polar surface area (TPSA) is 137 Å². The van der Waals surface area contributed by atoms with Crippen LogP contribution in [0, 0.1) is 16.7 Å². The number of nitrogens with zero attached hydrogens (tertiary/aromatic N) is 3. The van der Waals surface area contributed by atoms with E-state index in [0.717, 1.165) is 46.3 Å². The van der Waals surface area contributed by atoms with Crippen LogP contribution in [0.3, 0.4) is 0 Å². The molecule has 0 bridgehead atoms. The number of hydrazine groups is 1. The number of fused-ring (bicyclic) bond motifs is 1. The molecule has 208 valence electrons. The van der Waals surface area contributed by atoms with Crippen molar-refractivity contribution in [3.05, 3.63) is 77.9 Å². The van der Waals surface area contributed by atoms with Gasteiger partial charge < -0.3 is 4.90 Å². The molecule has 40 heavy (non-hydrogen) atoms. The van der Waals surface area contributed by atoms with Crippen LogP contribution < -0.4 is 11.3 Å². The van der Waals surface area contributed by atoms with E-state index in [9.17, 15) is 23.3 Å². The highest BCUT2D eigenvalue weighted by Crippen LogP contribution is 2.45. The van der Waals surface area contributed by atoms with E-state index in [1.807, 2.05) is 24.3 Å². The van der Waals surface area contributed by atoms with Crippen molar-refractivity contribution in [2.24, 2.45) is 11.3 Å². The van der Waals surface area contributed by atoms with E-state index in [1.54, 1.807) is 41.3 Å². The third-order valence-electron chi connectivity index (χ3n) is 8.23. The number of hydrogen-bond acceptors (Lipinski definition) is 6. The number of rotatable bonds is 6. The number of carbonyl (C=O) groups excluding carboxylic acids is 2. The lowest BCUT2D eigenvalue weighted by atomic mass is 9.73. The van der Waals surface area contributed by atoms with Crippen LogP contribution in [-0.2, 0) is 26.0 Å². The van der Waals surface area contributed by atoms with Gasteiger partial charge in [0.25, 0.3) is 5.91 Å². The minimum Gasteiger partial charge on any atom is -0.342 e. The minimum absolute atomic E-state index is 0.0108. The molecule has 2 aliphatic heterocycles. The van der Waals surface area contributed by atoms with Gasteiger partial charge in [0, 0.05) is 19.6 Å². The fraction of sp³-hybridized carbons (Fsp3) is 0.367. The number of nitriles is 1. The maximum atomic E-state index is 14.4. The first kappa shape index (κ1) is 27.8. The third kappa shape index (κ3) is 5.08. The van der Waals surface area contributed by atoms with Gasteiger partial charge in [-0.3, -0.25) is 15.0 Å². The highest BCUT2D eigenvalue weighted by Gasteiger charge is 2.60. The first-order valence-electron chi connectivity index (χ1n) is 13.6. The quantitative estimate of drug-likeness (QED) is 0.271. The summed E-state index contributed by atoms with van der Waals surface area (Å²) in [6, 6.07) is 19.9. The van der Waals surface area contributed by atoms with E-state index in [4.69, 9.17) is 5.84 Å². The maximum Gasteiger partial charge on any atom is 0.253 e. The summed E-state index contributed by atoms with van der Waals surface area (Å²) in [6.07, 6.45) is 4.03. The Hall–Kier alpha value is -3.78. The molecule has 2 saturated heterocycles. The summed E-state index contributed by atoms with van der Waals surface area (Å²) in [6.45, 7) is 1.10. The van der Waals surface area contributed by atoms with Crippen molar-refractivity contribution in [2.75, 3.05) is 19.6 Å². The van der Waals surface area contributed by atoms with Crippen LogP contribution in [0.15, 0.2) is 71.6 Å². The maximum absolute atomic E-state index is 14.4. The molecule has 9 nitrogen and oxygen atoms in total. The van der Waals surface area contributed by atoms with Gasteiger partial charge in [-0.05, 0) is 66.3 Å². The number of amides is 2. The van der Waals surface area contributed by atoms with E-state index in [2.05, 4.69) is 11.5 Å². The molecule has 2 heterocycles. The molecular formula is C30H33N5O4S. The lowest BCUT2D eigenvalue weighted by molar-refractivity contribution is -0.147. The van der Waals surface area contributed by atoms with Crippen LogP contribution in [0.1, 0.15) is 43.2 Å². The number of carbonyl (C=O) groups is 2. The molecule has 0 radical (unpaired) electrons. The second-order valence-corrected chi connectivity index (χ2v) is 12.5. The number of hydrogen-bond donors (Lipinski definition) is 2. The Labute approximate surface area is 234 Å². The molecule has 2 unspecified atom stereocenters. The van der Waals surface area contributed by atoms with Gasteiger partial charge in [-0.2, -0.15) is 9.57 Å². The molecule has 0 spiro atoms. The molecule has 3 N–H and O–H groups in total. The standard InChI is InChI=1S/C30H33N5O4S/c31-21-23-11-9-22(10-12-23)20-30(29(37)34-16-5-1-2-6-17-34)15-18-35(27(30)28(36)33-32)40(38,39)26-14-13-24-7-3-4-8-25(24)19-26/h3-4,7-14,19,27H,1-2,5-6,15-18,20,32H2,(H,33,36). The summed E-state index contributed by atoms with van der Waals surface area (Å²) in [5.74, 6) is 4.69. The zero-order chi connectivity index (χ0) is 28.3. The van der Waals surface area contributed by atoms with Crippen molar-refractivity contribution in [2.45, 2.75) is 49.5 Å². The summed E-state index contributed by atoms with van der Waals surface area (Å²) in [4.78, 5) is 29.8. The van der Waals surface area contributed by atoms with Gasteiger partial charge in [0.05, 0.1) is 21.9 Å². The fourth-order valence-electron chi connectivity index (χ4n) is 6.17. The van der Waals surface area contributed by atoms with Crippen molar-refractivity contribution in [3.8, 4) is 6.07 Å². The Kier molecular flexibility index (Phi) is 7.90. The fourth-order valence-corrected chi connectivity index (χ4v) is 7.86. The Balaban J connectivity index is 1.61. The lowest BCUT2D eigenvalue weighted by Crippen LogP contribution is -2.60. The van der Waals surface area contributed by atoms with Gasteiger partial charge >= 0.3 is 0 Å². The first-order valence-corrected chi connectivity index (χ1v) is 15.0. The van der Waals surface area contributed by atoms with Crippen LogP contribution in [0.5, 0.6) is 0 Å². The van der Waals surface area contributed by atoms with Crippen LogP contribution in [0.2, 0.25) is 0 Å². The monoisotopic (exact) mass is 559 g/mol. The van der Waals surface area contributed by atoms with Crippen molar-refractivity contribution < 1.29 is 18.0 Å². The Morgan fingerprint density at radius 3 is 2.27 bits per heavy atom. The third-order valence-corrected chi connectivity index (χ3v) is 10.1. The molecule has 0 saturated carbocycles. The molecule has 10 heteroatoms. The van der Waals surface area contributed by atoms with Crippen LogP contribution in [0.4, 0.5) is 0 Å². The molecule has 2 amide bonds. The van der Waals surface area contributed by atoms with Gasteiger partial charge in [0.2, 0.25) is 15.9 Å². The summed E-state index contributed by atoms with van der Waals surface area (Å²) in [7, 11) is -4.18. The Bertz CT molecular complexity index is 1560. The molecule has 5 rings (SSSR count). The van der Waals surface area contributed by atoms with Crippen molar-refractivity contribution in [1.29, 1.82) is 5.26 Å². The normalized spacial score (nSPS) is 22.0. The van der Waals surface area contributed by atoms with E-state index in [1.165, 1.54) is 6.07 Å². The smallest absolute Gasteiger partial charge is 0.253 e. The summed E-state index contributed by atoms with van der Waals surface area (Å²) < 4.78 is 29.4. The molecule has 0 aromatic heterocycles. The molecule has 2 fully saturated rings. The first-order chi connectivity index (χ1) is 19.3. The summed E-state index contributed by atoms with van der Waals surface area (Å²) >= 11 is 0. The molecule has 2 aliphatic rings. The number of likely N-dealkylation sites (tertiary alicyclic amines) is 1. The van der Waals surface area contributed by atoms with E-state index < -0.39 is 27.4 Å². The second-order valence-electron chi connectivity index (χ2n) is 10.6. The Morgan fingerprint density at radius 2 is 1.62 bits per heavy atom. The van der Waals surface area contributed by atoms with Gasteiger partial charge in [-0.15, -0.1) is 0 Å². The predicted molar refractivity (Wildman–Crippen MR) is 151 cm³/mol. The van der Waals surface area contributed by atoms with Crippen molar-refractivity contribution >= 4 is 32.6 Å². The molecule has 0 aliphatic carbocycles. The summed E-state index contributed by atoms with van der Waals surface area (Å²) in [5.41, 5.74) is 2.00. The number of nitrogens with one attached hydrogen (secondary N) is 1. The van der Waals surface area contributed by atoms with Gasteiger partial charge in [0.15, 0.2) is 0 Å². The zero-order valence-corrected chi connectivity index (χ0v) is 23.1. The zero-order valence-electron chi connectivity index (χ0n) is 22.3. The highest BCUT2D eigenvalue weighted by atomic mass is 32.2. The number of nitrogens with two attached hydrogens (primary N) is 1. The SMILES string of the molecule is N#Cc1ccc(CC2(C(=O)N3CCCCCC3)CCN(S(=O)(=O)c3ccc4ccccc4c3)C2C(=O)NN)cc1. The van der Waals surface area contributed by atoms with Gasteiger partial charge in [-0.25, -0.2) is 14.3 Å². The summed E-state index contributed by atoms with van der Waals surface area (Å²) in [5, 5.41) is 10.9. The molecule has 3 aromatic carbocycles. The average Bonchev–Trinajstić information content (AvgIpc) is 3.17. The van der Waals surface area contributed by atoms with Crippen molar-refractivity contribution in [1.82, 2.24) is 14.6 Å². The average molecular weight is 560 g/mol. The molecular weight excluding hydrogens is 526 g/mol. The van der Waals surface area contributed by atoms with Gasteiger partial charge in [0.1, 0.15) is 6.04 Å². The van der Waals surface area contributed by atoms with Crippen LogP contribution in [-0.4, -0.2) is 55.1 Å². The van der Waals surface area contributed by atoms with Crippen LogP contribution in [0.25, 0.3) is 10.8 Å². The van der Waals surface area contributed by atoms with E-state index >= 15 is 0 Å². The molecule has 3 aromatic rings. The Morgan fingerprint density at radius 1 is 0.950 bits per heavy atom. The number of sulfonamides is 1. The lowest BCUT2D eigenvalue weighted by Gasteiger charge is -2.39. The minimum atomic E-state index is -4.18. The largest absolute Gasteiger partial charge is 0.342 e. The van der Waals surface area contributed by atoms with Crippen LogP contribution >= 0.6 is 0 Å². The molecule has 2 atom stereocenters. The van der Waals surface area contributed by atoms with Gasteiger partial charge in [-0.1, -0.05) is 55.3 Å². The van der Waals surface area contributed by atoms with E-state index in [0.29, 0.717) is 18.7 Å².